The lowest BCUT2D eigenvalue weighted by Crippen LogP contribution is -2.45. The van der Waals surface area contributed by atoms with Gasteiger partial charge in [-0.05, 0) is 31.7 Å². The number of nitrogens with two attached hydrogens (primary N) is 1. The van der Waals surface area contributed by atoms with E-state index in [-0.39, 0.29) is 12.0 Å². The number of amides is 1. The summed E-state index contributed by atoms with van der Waals surface area (Å²) < 4.78 is 1.95. The molecule has 2 fully saturated rings. The predicted molar refractivity (Wildman–Crippen MR) is 77.1 cm³/mol. The monoisotopic (exact) mass is 276 g/mol. The molecule has 5 heteroatoms. The largest absolute Gasteiger partial charge is 0.342 e. The summed E-state index contributed by atoms with van der Waals surface area (Å²) in [6, 6.07) is 2.17. The Morgan fingerprint density at radius 1 is 1.30 bits per heavy atom. The number of carbonyl (C=O) groups excluding carboxylic acids is 1. The fourth-order valence-corrected chi connectivity index (χ4v) is 3.71. The summed E-state index contributed by atoms with van der Waals surface area (Å²) in [5.74, 6) is 0.894. The maximum atomic E-state index is 12.5. The lowest BCUT2D eigenvalue weighted by Gasteiger charge is -2.34. The topological polar surface area (TPSA) is 64.2 Å². The number of carbonyl (C=O) groups is 1. The van der Waals surface area contributed by atoms with Gasteiger partial charge in [0.2, 0.25) is 5.91 Å². The lowest BCUT2D eigenvalue weighted by atomic mass is 9.92. The molecule has 2 heterocycles. The van der Waals surface area contributed by atoms with E-state index >= 15 is 0 Å². The quantitative estimate of drug-likeness (QED) is 0.884. The van der Waals surface area contributed by atoms with Gasteiger partial charge in [0.15, 0.2) is 0 Å². The van der Waals surface area contributed by atoms with Crippen molar-refractivity contribution in [3.05, 3.63) is 18.0 Å². The second-order valence-electron chi connectivity index (χ2n) is 6.18. The predicted octanol–water partition coefficient (Wildman–Crippen LogP) is 1.25. The summed E-state index contributed by atoms with van der Waals surface area (Å²) in [5, 5.41) is 4.24. The Balaban J connectivity index is 1.58. The fourth-order valence-electron chi connectivity index (χ4n) is 3.71. The maximum absolute atomic E-state index is 12.5. The molecule has 1 aliphatic carbocycles. The van der Waals surface area contributed by atoms with Gasteiger partial charge in [-0.1, -0.05) is 6.42 Å². The average molecular weight is 276 g/mol. The van der Waals surface area contributed by atoms with Crippen LogP contribution >= 0.6 is 0 Å². The SMILES string of the molecule is Cn1nccc1C1CCN(C(=O)[C@H]2CCC[C@H]2N)CC1. The van der Waals surface area contributed by atoms with Crippen molar-refractivity contribution in [2.24, 2.45) is 18.7 Å². The van der Waals surface area contributed by atoms with E-state index in [2.05, 4.69) is 11.2 Å². The smallest absolute Gasteiger partial charge is 0.227 e. The van der Waals surface area contributed by atoms with Crippen molar-refractivity contribution < 1.29 is 4.79 Å². The van der Waals surface area contributed by atoms with E-state index in [0.717, 1.165) is 45.2 Å². The zero-order valence-electron chi connectivity index (χ0n) is 12.2. The summed E-state index contributed by atoms with van der Waals surface area (Å²) in [6.07, 6.45) is 7.00. The van der Waals surface area contributed by atoms with Crippen LogP contribution in [0.3, 0.4) is 0 Å². The van der Waals surface area contributed by atoms with E-state index in [1.807, 2.05) is 22.8 Å². The van der Waals surface area contributed by atoms with Crippen molar-refractivity contribution >= 4 is 5.91 Å². The highest BCUT2D eigenvalue weighted by Gasteiger charge is 2.35. The van der Waals surface area contributed by atoms with Crippen molar-refractivity contribution in [1.29, 1.82) is 0 Å². The van der Waals surface area contributed by atoms with Crippen LogP contribution in [-0.2, 0) is 11.8 Å². The minimum atomic E-state index is 0.0725. The second-order valence-corrected chi connectivity index (χ2v) is 6.18. The van der Waals surface area contributed by atoms with E-state index in [1.165, 1.54) is 5.69 Å². The molecule has 3 rings (SSSR count). The number of rotatable bonds is 2. The van der Waals surface area contributed by atoms with Crippen LogP contribution in [0.25, 0.3) is 0 Å². The second kappa shape index (κ2) is 5.56. The van der Waals surface area contributed by atoms with Crippen LogP contribution in [-0.4, -0.2) is 39.7 Å². The summed E-state index contributed by atoms with van der Waals surface area (Å²) in [4.78, 5) is 14.5. The summed E-state index contributed by atoms with van der Waals surface area (Å²) in [7, 11) is 1.99. The molecule has 110 valence electrons. The Hall–Kier alpha value is -1.36. The first-order chi connectivity index (χ1) is 9.66. The molecule has 0 bridgehead atoms. The Morgan fingerprint density at radius 2 is 2.05 bits per heavy atom. The molecule has 5 nitrogen and oxygen atoms in total. The highest BCUT2D eigenvalue weighted by molar-refractivity contribution is 5.80. The molecular formula is C15H24N4O. The Morgan fingerprint density at radius 3 is 2.60 bits per heavy atom. The molecule has 1 saturated heterocycles. The fraction of sp³-hybridized carbons (Fsp3) is 0.733. The van der Waals surface area contributed by atoms with E-state index in [0.29, 0.717) is 11.8 Å². The minimum Gasteiger partial charge on any atom is -0.342 e. The Bertz CT molecular complexity index is 476. The molecule has 1 saturated carbocycles. The van der Waals surface area contributed by atoms with Gasteiger partial charge in [-0.2, -0.15) is 5.10 Å². The number of aryl methyl sites for hydroxylation is 1. The third-order valence-corrected chi connectivity index (χ3v) is 4.97. The van der Waals surface area contributed by atoms with Gasteiger partial charge in [-0.15, -0.1) is 0 Å². The van der Waals surface area contributed by atoms with Crippen LogP contribution < -0.4 is 5.73 Å². The number of piperidine rings is 1. The molecule has 2 N–H and O–H groups in total. The number of aromatic nitrogens is 2. The Kier molecular flexibility index (Phi) is 3.78. The molecular weight excluding hydrogens is 252 g/mol. The minimum absolute atomic E-state index is 0.0725. The summed E-state index contributed by atoms with van der Waals surface area (Å²) in [6.45, 7) is 1.72. The van der Waals surface area contributed by atoms with Gasteiger partial charge >= 0.3 is 0 Å². The first-order valence-electron chi connectivity index (χ1n) is 7.69. The maximum Gasteiger partial charge on any atom is 0.227 e. The van der Waals surface area contributed by atoms with Gasteiger partial charge in [-0.25, -0.2) is 0 Å². The van der Waals surface area contributed by atoms with Crippen molar-refractivity contribution in [2.45, 2.75) is 44.1 Å². The summed E-state index contributed by atoms with van der Waals surface area (Å²) in [5.41, 5.74) is 7.34. The number of hydrogen-bond donors (Lipinski definition) is 1. The van der Waals surface area contributed by atoms with Crippen LogP contribution in [0, 0.1) is 5.92 Å². The standard InChI is InChI=1S/C15H24N4O/c1-18-14(5-8-17-18)11-6-9-19(10-7-11)15(20)12-3-2-4-13(12)16/h5,8,11-13H,2-4,6-7,9-10,16H2,1H3/t12-,13+/m0/s1. The van der Waals surface area contributed by atoms with Gasteiger partial charge < -0.3 is 10.6 Å². The first-order valence-corrected chi connectivity index (χ1v) is 7.69. The van der Waals surface area contributed by atoms with E-state index in [1.54, 1.807) is 0 Å². The molecule has 1 aromatic rings. The number of hydrogen-bond acceptors (Lipinski definition) is 3. The van der Waals surface area contributed by atoms with Crippen molar-refractivity contribution in [3.8, 4) is 0 Å². The van der Waals surface area contributed by atoms with E-state index in [9.17, 15) is 4.79 Å². The molecule has 0 unspecified atom stereocenters. The normalized spacial score (nSPS) is 28.0. The highest BCUT2D eigenvalue weighted by atomic mass is 16.2. The van der Waals surface area contributed by atoms with E-state index in [4.69, 9.17) is 5.73 Å². The van der Waals surface area contributed by atoms with Crippen molar-refractivity contribution in [3.63, 3.8) is 0 Å². The zero-order valence-corrected chi connectivity index (χ0v) is 12.2. The van der Waals surface area contributed by atoms with Crippen LogP contribution in [0.5, 0.6) is 0 Å². The highest BCUT2D eigenvalue weighted by Crippen LogP contribution is 2.31. The molecule has 0 spiro atoms. The van der Waals surface area contributed by atoms with Crippen molar-refractivity contribution in [1.82, 2.24) is 14.7 Å². The van der Waals surface area contributed by atoms with Gasteiger partial charge in [0, 0.05) is 44.0 Å². The molecule has 2 atom stereocenters. The van der Waals surface area contributed by atoms with Crippen LogP contribution in [0.2, 0.25) is 0 Å². The third-order valence-electron chi connectivity index (χ3n) is 4.97. The molecule has 20 heavy (non-hydrogen) atoms. The van der Waals surface area contributed by atoms with E-state index < -0.39 is 0 Å². The summed E-state index contributed by atoms with van der Waals surface area (Å²) >= 11 is 0. The third kappa shape index (κ3) is 2.46. The number of nitrogens with zero attached hydrogens (tertiary/aromatic N) is 3. The molecule has 0 radical (unpaired) electrons. The Labute approximate surface area is 120 Å². The van der Waals surface area contributed by atoms with Gasteiger partial charge in [0.1, 0.15) is 0 Å². The lowest BCUT2D eigenvalue weighted by molar-refractivity contribution is -0.136. The molecule has 1 aromatic heterocycles. The average Bonchev–Trinajstić information content (AvgIpc) is 3.07. The number of likely N-dealkylation sites (tertiary alicyclic amines) is 1. The van der Waals surface area contributed by atoms with Gasteiger partial charge in [0.05, 0.1) is 5.92 Å². The van der Waals surface area contributed by atoms with Crippen molar-refractivity contribution in [2.75, 3.05) is 13.1 Å². The van der Waals surface area contributed by atoms with Crippen LogP contribution in [0.4, 0.5) is 0 Å². The molecule has 1 aliphatic heterocycles. The molecule has 2 aliphatic rings. The van der Waals surface area contributed by atoms with Crippen LogP contribution in [0.1, 0.15) is 43.7 Å². The van der Waals surface area contributed by atoms with Crippen LogP contribution in [0.15, 0.2) is 12.3 Å². The first kappa shape index (κ1) is 13.6. The molecule has 1 amide bonds. The van der Waals surface area contributed by atoms with Gasteiger partial charge in [0.25, 0.3) is 0 Å². The van der Waals surface area contributed by atoms with Gasteiger partial charge in [-0.3, -0.25) is 9.48 Å². The zero-order chi connectivity index (χ0) is 14.1. The molecule has 0 aromatic carbocycles.